The Morgan fingerprint density at radius 1 is 1.29 bits per heavy atom. The number of hydrogen-bond acceptors (Lipinski definition) is 3. The molecular formula is C13H25N3O. The van der Waals surface area contributed by atoms with E-state index in [-0.39, 0.29) is 11.9 Å². The molecule has 1 unspecified atom stereocenters. The van der Waals surface area contributed by atoms with Crippen LogP contribution in [0.3, 0.4) is 0 Å². The zero-order valence-electron chi connectivity index (χ0n) is 11.3. The average Bonchev–Trinajstić information content (AvgIpc) is 2.31. The van der Waals surface area contributed by atoms with Gasteiger partial charge in [-0.1, -0.05) is 20.3 Å². The first-order valence-electron chi connectivity index (χ1n) is 6.80. The molecule has 2 aliphatic rings. The number of nitrogens with one attached hydrogen (secondary N) is 1. The Kier molecular flexibility index (Phi) is 6.19. The number of rotatable bonds is 2. The summed E-state index contributed by atoms with van der Waals surface area (Å²) < 4.78 is 0. The van der Waals surface area contributed by atoms with E-state index in [1.807, 2.05) is 20.8 Å². The summed E-state index contributed by atoms with van der Waals surface area (Å²) in [5.74, 6) is 0.887. The van der Waals surface area contributed by atoms with Crippen molar-refractivity contribution >= 4 is 11.7 Å². The maximum Gasteiger partial charge on any atom is 0.227 e. The molecule has 1 saturated heterocycles. The van der Waals surface area contributed by atoms with E-state index >= 15 is 0 Å². The minimum absolute atomic E-state index is 0.115. The lowest BCUT2D eigenvalue weighted by Gasteiger charge is -2.30. The van der Waals surface area contributed by atoms with E-state index in [1.54, 1.807) is 0 Å². The van der Waals surface area contributed by atoms with Crippen LogP contribution in [0.5, 0.6) is 0 Å². The SMILES string of the molecule is CC.CC1=NC(CN2CCCCC2)CC(=O)N1. The van der Waals surface area contributed by atoms with Crippen LogP contribution in [0.2, 0.25) is 0 Å². The van der Waals surface area contributed by atoms with Crippen molar-refractivity contribution in [3.8, 4) is 0 Å². The normalized spacial score (nSPS) is 25.5. The number of piperidine rings is 1. The van der Waals surface area contributed by atoms with Crippen molar-refractivity contribution in [1.82, 2.24) is 10.2 Å². The summed E-state index contributed by atoms with van der Waals surface area (Å²) in [7, 11) is 0. The minimum Gasteiger partial charge on any atom is -0.315 e. The molecular weight excluding hydrogens is 214 g/mol. The highest BCUT2D eigenvalue weighted by Gasteiger charge is 2.22. The van der Waals surface area contributed by atoms with Gasteiger partial charge in [-0.05, 0) is 32.9 Å². The molecule has 2 aliphatic heterocycles. The van der Waals surface area contributed by atoms with E-state index in [0.717, 1.165) is 12.4 Å². The lowest BCUT2D eigenvalue weighted by molar-refractivity contribution is -0.120. The fraction of sp³-hybridized carbons (Fsp3) is 0.846. The van der Waals surface area contributed by atoms with Gasteiger partial charge in [0.2, 0.25) is 5.91 Å². The van der Waals surface area contributed by atoms with E-state index in [4.69, 9.17) is 0 Å². The molecule has 0 aromatic carbocycles. The molecule has 1 N–H and O–H groups in total. The Bertz CT molecular complexity index is 270. The highest BCUT2D eigenvalue weighted by molar-refractivity contribution is 5.99. The maximum atomic E-state index is 11.3. The largest absolute Gasteiger partial charge is 0.315 e. The van der Waals surface area contributed by atoms with Gasteiger partial charge in [0.05, 0.1) is 12.5 Å². The molecule has 98 valence electrons. The van der Waals surface area contributed by atoms with E-state index in [0.29, 0.717) is 6.42 Å². The molecule has 1 atom stereocenters. The molecule has 4 heteroatoms. The number of hydrogen-bond donors (Lipinski definition) is 1. The third kappa shape index (κ3) is 4.86. The van der Waals surface area contributed by atoms with Gasteiger partial charge in [-0.15, -0.1) is 0 Å². The van der Waals surface area contributed by atoms with Crippen molar-refractivity contribution in [2.45, 2.75) is 52.5 Å². The van der Waals surface area contributed by atoms with Crippen LogP contribution in [-0.2, 0) is 4.79 Å². The second-order valence-corrected chi connectivity index (χ2v) is 4.48. The topological polar surface area (TPSA) is 44.7 Å². The van der Waals surface area contributed by atoms with Gasteiger partial charge in [0.25, 0.3) is 0 Å². The van der Waals surface area contributed by atoms with Gasteiger partial charge in [0.1, 0.15) is 5.84 Å². The predicted molar refractivity (Wildman–Crippen MR) is 71.3 cm³/mol. The Balaban J connectivity index is 0.000000686. The first-order chi connectivity index (χ1) is 8.24. The molecule has 0 aromatic rings. The number of likely N-dealkylation sites (tertiary alicyclic amines) is 1. The highest BCUT2D eigenvalue weighted by atomic mass is 16.1. The van der Waals surface area contributed by atoms with Gasteiger partial charge in [-0.2, -0.15) is 0 Å². The van der Waals surface area contributed by atoms with Crippen molar-refractivity contribution in [2.24, 2.45) is 4.99 Å². The van der Waals surface area contributed by atoms with Gasteiger partial charge in [-0.3, -0.25) is 9.79 Å². The molecule has 1 fully saturated rings. The number of carbonyl (C=O) groups excluding carboxylic acids is 1. The first kappa shape index (κ1) is 14.2. The van der Waals surface area contributed by atoms with Gasteiger partial charge < -0.3 is 10.2 Å². The standard InChI is InChI=1S/C11H19N3O.C2H6/c1-9-12-10(7-11(15)13-9)8-14-5-3-2-4-6-14;1-2/h10H,2-8H2,1H3,(H,12,13,15);1-2H3. The smallest absolute Gasteiger partial charge is 0.227 e. The van der Waals surface area contributed by atoms with Crippen LogP contribution in [0.1, 0.15) is 46.5 Å². The average molecular weight is 239 g/mol. The van der Waals surface area contributed by atoms with Gasteiger partial charge in [0.15, 0.2) is 0 Å². The van der Waals surface area contributed by atoms with Crippen LogP contribution in [-0.4, -0.2) is 42.3 Å². The summed E-state index contributed by atoms with van der Waals surface area (Å²) in [5.41, 5.74) is 0. The molecule has 0 spiro atoms. The molecule has 2 rings (SSSR count). The summed E-state index contributed by atoms with van der Waals surface area (Å²) >= 11 is 0. The Morgan fingerprint density at radius 2 is 1.94 bits per heavy atom. The van der Waals surface area contributed by atoms with Crippen molar-refractivity contribution in [1.29, 1.82) is 0 Å². The second-order valence-electron chi connectivity index (χ2n) is 4.48. The molecule has 1 amide bonds. The van der Waals surface area contributed by atoms with Gasteiger partial charge >= 0.3 is 0 Å². The Morgan fingerprint density at radius 3 is 2.53 bits per heavy atom. The summed E-state index contributed by atoms with van der Waals surface area (Å²) in [6, 6.07) is 0.178. The number of aliphatic imine (C=N–C) groups is 1. The molecule has 4 nitrogen and oxygen atoms in total. The van der Waals surface area contributed by atoms with Crippen LogP contribution >= 0.6 is 0 Å². The molecule has 0 saturated carbocycles. The summed E-state index contributed by atoms with van der Waals surface area (Å²) in [6.45, 7) is 9.16. The van der Waals surface area contributed by atoms with Crippen molar-refractivity contribution in [3.63, 3.8) is 0 Å². The first-order valence-corrected chi connectivity index (χ1v) is 6.80. The van der Waals surface area contributed by atoms with Crippen molar-refractivity contribution < 1.29 is 4.79 Å². The van der Waals surface area contributed by atoms with E-state index in [1.165, 1.54) is 32.4 Å². The summed E-state index contributed by atoms with van der Waals surface area (Å²) in [5, 5.41) is 2.74. The molecule has 2 heterocycles. The third-order valence-corrected chi connectivity index (χ3v) is 3.04. The minimum atomic E-state index is 0.115. The number of amides is 1. The zero-order valence-corrected chi connectivity index (χ0v) is 11.3. The Hall–Kier alpha value is -0.900. The lowest BCUT2D eigenvalue weighted by atomic mass is 10.1. The van der Waals surface area contributed by atoms with Crippen LogP contribution < -0.4 is 5.32 Å². The van der Waals surface area contributed by atoms with Gasteiger partial charge in [0, 0.05) is 6.54 Å². The molecule has 0 bridgehead atoms. The highest BCUT2D eigenvalue weighted by Crippen LogP contribution is 2.12. The predicted octanol–water partition coefficient (Wildman–Crippen LogP) is 1.81. The number of amidine groups is 1. The summed E-state index contributed by atoms with van der Waals surface area (Å²) in [6.07, 6.45) is 4.49. The van der Waals surface area contributed by atoms with Crippen LogP contribution in [0.25, 0.3) is 0 Å². The molecule has 0 aromatic heterocycles. The Labute approximate surface area is 104 Å². The van der Waals surface area contributed by atoms with Gasteiger partial charge in [-0.25, -0.2) is 0 Å². The van der Waals surface area contributed by atoms with E-state index < -0.39 is 0 Å². The van der Waals surface area contributed by atoms with Crippen LogP contribution in [0.4, 0.5) is 0 Å². The monoisotopic (exact) mass is 239 g/mol. The van der Waals surface area contributed by atoms with Crippen LogP contribution in [0.15, 0.2) is 4.99 Å². The fourth-order valence-corrected chi connectivity index (χ4v) is 2.36. The quantitative estimate of drug-likeness (QED) is 0.798. The van der Waals surface area contributed by atoms with E-state index in [9.17, 15) is 4.79 Å². The lowest BCUT2D eigenvalue weighted by Crippen LogP contribution is -2.43. The van der Waals surface area contributed by atoms with Crippen molar-refractivity contribution in [3.05, 3.63) is 0 Å². The number of nitrogens with zero attached hydrogens (tertiary/aromatic N) is 2. The fourth-order valence-electron chi connectivity index (χ4n) is 2.36. The number of carbonyl (C=O) groups is 1. The van der Waals surface area contributed by atoms with E-state index in [2.05, 4.69) is 15.2 Å². The molecule has 0 radical (unpaired) electrons. The van der Waals surface area contributed by atoms with Crippen molar-refractivity contribution in [2.75, 3.05) is 19.6 Å². The summed E-state index contributed by atoms with van der Waals surface area (Å²) in [4.78, 5) is 18.2. The third-order valence-electron chi connectivity index (χ3n) is 3.04. The molecule has 17 heavy (non-hydrogen) atoms. The van der Waals surface area contributed by atoms with Crippen LogP contribution in [0, 0.1) is 0 Å². The second kappa shape index (κ2) is 7.43. The maximum absolute atomic E-state index is 11.3. The zero-order chi connectivity index (χ0) is 12.7. The molecule has 0 aliphatic carbocycles.